The highest BCUT2D eigenvalue weighted by atomic mass is 16.5. The summed E-state index contributed by atoms with van der Waals surface area (Å²) in [7, 11) is 0. The molecule has 0 fully saturated rings. The summed E-state index contributed by atoms with van der Waals surface area (Å²) in [5.41, 5.74) is 1.39. The molecule has 0 radical (unpaired) electrons. The molecule has 1 unspecified atom stereocenters. The molecule has 104 valence electrons. The molecule has 1 aromatic carbocycles. The zero-order valence-corrected chi connectivity index (χ0v) is 11.4. The minimum absolute atomic E-state index is 0.0838. The molecule has 0 aromatic heterocycles. The van der Waals surface area contributed by atoms with Gasteiger partial charge in [-0.25, -0.2) is 4.79 Å². The van der Waals surface area contributed by atoms with Gasteiger partial charge in [0.15, 0.2) is 0 Å². The van der Waals surface area contributed by atoms with Gasteiger partial charge in [-0.2, -0.15) is 0 Å². The van der Waals surface area contributed by atoms with Crippen LogP contribution in [0.1, 0.15) is 19.4 Å². The maximum absolute atomic E-state index is 11.1. The standard InChI is InChI=1S/C15H20O4/c1-4-12-7-5-6-8-14(12)18-9-13(16)10-19-15(17)11(2)3/h5-8,13,16H,2,4,9-10H2,1,3H3. The maximum Gasteiger partial charge on any atom is 0.333 e. The zero-order chi connectivity index (χ0) is 14.3. The summed E-state index contributed by atoms with van der Waals surface area (Å²) in [5.74, 6) is 0.239. The van der Waals surface area contributed by atoms with E-state index in [4.69, 9.17) is 9.47 Å². The summed E-state index contributed by atoms with van der Waals surface area (Å²) in [6.45, 7) is 7.04. The van der Waals surface area contributed by atoms with Crippen LogP contribution >= 0.6 is 0 Å². The van der Waals surface area contributed by atoms with Crippen LogP contribution in [0.15, 0.2) is 36.4 Å². The van der Waals surface area contributed by atoms with Crippen LogP contribution in [0.5, 0.6) is 5.75 Å². The van der Waals surface area contributed by atoms with Gasteiger partial charge in [-0.15, -0.1) is 0 Å². The van der Waals surface area contributed by atoms with Gasteiger partial charge in [-0.1, -0.05) is 31.7 Å². The third-order valence-electron chi connectivity index (χ3n) is 2.54. The second kappa shape index (κ2) is 7.59. The summed E-state index contributed by atoms with van der Waals surface area (Å²) in [4.78, 5) is 11.1. The highest BCUT2D eigenvalue weighted by Gasteiger charge is 2.11. The van der Waals surface area contributed by atoms with E-state index in [0.29, 0.717) is 5.57 Å². The highest BCUT2D eigenvalue weighted by molar-refractivity contribution is 5.86. The molecule has 1 atom stereocenters. The van der Waals surface area contributed by atoms with E-state index >= 15 is 0 Å². The average Bonchev–Trinajstić information content (AvgIpc) is 2.42. The number of ether oxygens (including phenoxy) is 2. The molecule has 0 spiro atoms. The quantitative estimate of drug-likeness (QED) is 0.605. The molecule has 0 saturated heterocycles. The second-order valence-electron chi connectivity index (χ2n) is 4.30. The first kappa shape index (κ1) is 15.2. The van der Waals surface area contributed by atoms with Crippen molar-refractivity contribution in [2.24, 2.45) is 0 Å². The number of carbonyl (C=O) groups excluding carboxylic acids is 1. The Morgan fingerprint density at radius 2 is 2.05 bits per heavy atom. The Hall–Kier alpha value is -1.81. The second-order valence-corrected chi connectivity index (χ2v) is 4.30. The molecule has 1 rings (SSSR count). The Kier molecular flexibility index (Phi) is 6.09. The van der Waals surface area contributed by atoms with E-state index in [9.17, 15) is 9.90 Å². The van der Waals surface area contributed by atoms with Crippen LogP contribution in [-0.4, -0.2) is 30.4 Å². The first-order valence-corrected chi connectivity index (χ1v) is 6.26. The molecule has 1 aromatic rings. The fourth-order valence-electron chi connectivity index (χ4n) is 1.47. The Morgan fingerprint density at radius 1 is 1.37 bits per heavy atom. The third-order valence-corrected chi connectivity index (χ3v) is 2.54. The number of rotatable bonds is 7. The van der Waals surface area contributed by atoms with Crippen LogP contribution in [0.2, 0.25) is 0 Å². The van der Waals surface area contributed by atoms with E-state index in [1.54, 1.807) is 6.92 Å². The topological polar surface area (TPSA) is 55.8 Å². The molecule has 19 heavy (non-hydrogen) atoms. The van der Waals surface area contributed by atoms with E-state index in [1.807, 2.05) is 31.2 Å². The predicted molar refractivity (Wildman–Crippen MR) is 73.1 cm³/mol. The van der Waals surface area contributed by atoms with Crippen LogP contribution < -0.4 is 4.74 Å². The molecule has 0 aliphatic rings. The Morgan fingerprint density at radius 3 is 2.68 bits per heavy atom. The molecule has 0 aliphatic heterocycles. The molecule has 1 N–H and O–H groups in total. The normalized spacial score (nSPS) is 11.7. The Balaban J connectivity index is 2.39. The van der Waals surface area contributed by atoms with Gasteiger partial charge in [0.2, 0.25) is 0 Å². The average molecular weight is 264 g/mol. The van der Waals surface area contributed by atoms with E-state index < -0.39 is 12.1 Å². The number of hydrogen-bond donors (Lipinski definition) is 1. The van der Waals surface area contributed by atoms with Gasteiger partial charge in [0.05, 0.1) is 0 Å². The molecule has 0 saturated carbocycles. The molecule has 4 heteroatoms. The van der Waals surface area contributed by atoms with Crippen molar-refractivity contribution in [3.63, 3.8) is 0 Å². The lowest BCUT2D eigenvalue weighted by Gasteiger charge is -2.14. The molecule has 4 nitrogen and oxygen atoms in total. The predicted octanol–water partition coefficient (Wildman–Crippen LogP) is 2.11. The van der Waals surface area contributed by atoms with Crippen LogP contribution in [0.4, 0.5) is 0 Å². The van der Waals surface area contributed by atoms with Crippen molar-refractivity contribution in [3.8, 4) is 5.75 Å². The van der Waals surface area contributed by atoms with Crippen molar-refractivity contribution in [2.75, 3.05) is 13.2 Å². The van der Waals surface area contributed by atoms with Crippen LogP contribution in [-0.2, 0) is 16.0 Å². The van der Waals surface area contributed by atoms with Crippen molar-refractivity contribution >= 4 is 5.97 Å². The molecule has 0 amide bonds. The van der Waals surface area contributed by atoms with Crippen molar-refractivity contribution in [3.05, 3.63) is 42.0 Å². The van der Waals surface area contributed by atoms with Crippen molar-refractivity contribution < 1.29 is 19.4 Å². The number of carbonyl (C=O) groups is 1. The zero-order valence-electron chi connectivity index (χ0n) is 11.4. The summed E-state index contributed by atoms with van der Waals surface area (Å²) in [5, 5.41) is 9.67. The number of esters is 1. The summed E-state index contributed by atoms with van der Waals surface area (Å²) in [6, 6.07) is 7.65. The van der Waals surface area contributed by atoms with E-state index in [2.05, 4.69) is 6.58 Å². The van der Waals surface area contributed by atoms with Crippen LogP contribution in [0.25, 0.3) is 0 Å². The number of benzene rings is 1. The SMILES string of the molecule is C=C(C)C(=O)OCC(O)COc1ccccc1CC. The Labute approximate surface area is 113 Å². The Bertz CT molecular complexity index is 440. The summed E-state index contributed by atoms with van der Waals surface area (Å²) in [6.07, 6.45) is 0.00454. The molecule has 0 aliphatic carbocycles. The lowest BCUT2D eigenvalue weighted by atomic mass is 10.1. The number of para-hydroxylation sites is 1. The first-order chi connectivity index (χ1) is 9.04. The van der Waals surface area contributed by atoms with Crippen molar-refractivity contribution in [1.29, 1.82) is 0 Å². The number of aliphatic hydroxyl groups excluding tert-OH is 1. The minimum atomic E-state index is -0.854. The minimum Gasteiger partial charge on any atom is -0.490 e. The van der Waals surface area contributed by atoms with Gasteiger partial charge in [0.1, 0.15) is 25.1 Å². The van der Waals surface area contributed by atoms with E-state index in [0.717, 1.165) is 17.7 Å². The highest BCUT2D eigenvalue weighted by Crippen LogP contribution is 2.18. The first-order valence-electron chi connectivity index (χ1n) is 6.26. The lowest BCUT2D eigenvalue weighted by Crippen LogP contribution is -2.25. The fourth-order valence-corrected chi connectivity index (χ4v) is 1.47. The molecular weight excluding hydrogens is 244 g/mol. The number of aliphatic hydroxyl groups is 1. The molecular formula is C15H20O4. The van der Waals surface area contributed by atoms with Crippen molar-refractivity contribution in [1.82, 2.24) is 0 Å². The van der Waals surface area contributed by atoms with Gasteiger partial charge in [0.25, 0.3) is 0 Å². The van der Waals surface area contributed by atoms with Crippen molar-refractivity contribution in [2.45, 2.75) is 26.4 Å². The van der Waals surface area contributed by atoms with Gasteiger partial charge < -0.3 is 14.6 Å². The van der Waals surface area contributed by atoms with E-state index in [-0.39, 0.29) is 13.2 Å². The van der Waals surface area contributed by atoms with Gasteiger partial charge in [-0.3, -0.25) is 0 Å². The van der Waals surface area contributed by atoms with Gasteiger partial charge >= 0.3 is 5.97 Å². The van der Waals surface area contributed by atoms with Crippen LogP contribution in [0, 0.1) is 0 Å². The largest absolute Gasteiger partial charge is 0.490 e. The smallest absolute Gasteiger partial charge is 0.333 e. The summed E-state index contributed by atoms with van der Waals surface area (Å²) < 4.78 is 10.4. The van der Waals surface area contributed by atoms with E-state index in [1.165, 1.54) is 0 Å². The monoisotopic (exact) mass is 264 g/mol. The fraction of sp³-hybridized carbons (Fsp3) is 0.400. The van der Waals surface area contributed by atoms with Gasteiger partial charge in [0, 0.05) is 5.57 Å². The number of aryl methyl sites for hydroxylation is 1. The maximum atomic E-state index is 11.1. The lowest BCUT2D eigenvalue weighted by molar-refractivity contribution is -0.142. The number of hydrogen-bond acceptors (Lipinski definition) is 4. The molecule has 0 bridgehead atoms. The molecule has 0 heterocycles. The third kappa shape index (κ3) is 5.14. The van der Waals surface area contributed by atoms with Crippen LogP contribution in [0.3, 0.4) is 0 Å². The van der Waals surface area contributed by atoms with Gasteiger partial charge in [-0.05, 0) is 25.0 Å². The summed E-state index contributed by atoms with van der Waals surface area (Å²) >= 11 is 0.